The number of fused-ring (bicyclic) bond motifs is 2. The average Bonchev–Trinajstić information content (AvgIpc) is 3.11. The Morgan fingerprint density at radius 3 is 2.58 bits per heavy atom. The number of carbonyl (C=O) groups is 1. The number of carbonyl (C=O) groups excluding carboxylic acids is 1. The van der Waals surface area contributed by atoms with Gasteiger partial charge in [-0.05, 0) is 79.5 Å². The lowest BCUT2D eigenvalue weighted by atomic mass is 9.87. The molecule has 2 heterocycles. The van der Waals surface area contributed by atoms with Crippen LogP contribution in [-0.4, -0.2) is 10.9 Å². The first-order chi connectivity index (χ1) is 15.0. The van der Waals surface area contributed by atoms with E-state index in [1.165, 1.54) is 22.5 Å². The van der Waals surface area contributed by atoms with Crippen molar-refractivity contribution in [3.8, 4) is 11.1 Å². The first-order valence-electron chi connectivity index (χ1n) is 10.7. The van der Waals surface area contributed by atoms with Crippen LogP contribution in [0, 0.1) is 13.8 Å². The molecule has 1 aliphatic rings. The maximum atomic E-state index is 13.2. The van der Waals surface area contributed by atoms with Gasteiger partial charge in [0, 0.05) is 16.8 Å². The number of nitrogens with two attached hydrogens (primary N) is 1. The van der Waals surface area contributed by atoms with Crippen LogP contribution in [-0.2, 0) is 12.8 Å². The lowest BCUT2D eigenvalue weighted by molar-refractivity contribution is 0.103. The van der Waals surface area contributed by atoms with Gasteiger partial charge in [-0.2, -0.15) is 0 Å². The van der Waals surface area contributed by atoms with Crippen molar-refractivity contribution in [1.82, 2.24) is 4.98 Å². The summed E-state index contributed by atoms with van der Waals surface area (Å²) in [6, 6.07) is 16.3. The molecule has 0 fully saturated rings. The number of thiophene rings is 1. The number of hydrogen-bond acceptors (Lipinski definition) is 4. The van der Waals surface area contributed by atoms with E-state index >= 15 is 0 Å². The Balaban J connectivity index is 1.65. The van der Waals surface area contributed by atoms with Crippen molar-refractivity contribution in [2.75, 3.05) is 11.1 Å². The SMILES string of the molecule is Cc1ccc(NC(=O)c2sc3nc4c(c(-c5ccccc5)c3c2N)CCCC4)cc1C. The summed E-state index contributed by atoms with van der Waals surface area (Å²) in [5, 5.41) is 3.94. The first-order valence-corrected chi connectivity index (χ1v) is 11.5. The van der Waals surface area contributed by atoms with Gasteiger partial charge < -0.3 is 11.1 Å². The smallest absolute Gasteiger partial charge is 0.267 e. The van der Waals surface area contributed by atoms with E-state index in [9.17, 15) is 4.79 Å². The third kappa shape index (κ3) is 3.49. The molecule has 4 aromatic rings. The Hall–Kier alpha value is -3.18. The number of benzene rings is 2. The first kappa shape index (κ1) is 19.8. The van der Waals surface area contributed by atoms with Crippen LogP contribution >= 0.6 is 11.3 Å². The number of nitrogen functional groups attached to an aromatic ring is 1. The van der Waals surface area contributed by atoms with Gasteiger partial charge in [0.25, 0.3) is 5.91 Å². The fourth-order valence-corrected chi connectivity index (χ4v) is 5.43. The highest BCUT2D eigenvalue weighted by molar-refractivity contribution is 7.21. The molecule has 0 unspecified atom stereocenters. The summed E-state index contributed by atoms with van der Waals surface area (Å²) in [6.45, 7) is 4.10. The van der Waals surface area contributed by atoms with E-state index in [0.29, 0.717) is 10.6 Å². The van der Waals surface area contributed by atoms with Crippen LogP contribution in [0.3, 0.4) is 0 Å². The molecule has 0 saturated carbocycles. The van der Waals surface area contributed by atoms with E-state index < -0.39 is 0 Å². The van der Waals surface area contributed by atoms with Crippen molar-refractivity contribution >= 4 is 38.8 Å². The van der Waals surface area contributed by atoms with Gasteiger partial charge in [0.1, 0.15) is 9.71 Å². The van der Waals surface area contributed by atoms with Crippen LogP contribution in [0.2, 0.25) is 0 Å². The van der Waals surface area contributed by atoms with Crippen LogP contribution < -0.4 is 11.1 Å². The summed E-state index contributed by atoms with van der Waals surface area (Å²) in [5.41, 5.74) is 15.0. The molecule has 2 aromatic heterocycles. The van der Waals surface area contributed by atoms with Crippen LogP contribution in [0.5, 0.6) is 0 Å². The number of anilines is 2. The third-order valence-electron chi connectivity index (χ3n) is 6.19. The number of rotatable bonds is 3. The lowest BCUT2D eigenvalue weighted by Gasteiger charge is -2.20. The highest BCUT2D eigenvalue weighted by Crippen LogP contribution is 2.43. The number of pyridine rings is 1. The van der Waals surface area contributed by atoms with Crippen LogP contribution in [0.25, 0.3) is 21.3 Å². The summed E-state index contributed by atoms with van der Waals surface area (Å²) in [7, 11) is 0. The van der Waals surface area contributed by atoms with E-state index in [2.05, 4.69) is 24.4 Å². The van der Waals surface area contributed by atoms with E-state index in [1.54, 1.807) is 0 Å². The largest absolute Gasteiger partial charge is 0.397 e. The molecule has 0 atom stereocenters. The minimum Gasteiger partial charge on any atom is -0.397 e. The minimum atomic E-state index is -0.180. The second-order valence-electron chi connectivity index (χ2n) is 8.26. The molecule has 0 radical (unpaired) electrons. The Labute approximate surface area is 186 Å². The third-order valence-corrected chi connectivity index (χ3v) is 7.29. The highest BCUT2D eigenvalue weighted by Gasteiger charge is 2.25. The van der Waals surface area contributed by atoms with Gasteiger partial charge in [-0.3, -0.25) is 4.79 Å². The Morgan fingerprint density at radius 2 is 1.81 bits per heavy atom. The van der Waals surface area contributed by atoms with E-state index in [0.717, 1.165) is 64.0 Å². The van der Waals surface area contributed by atoms with Crippen molar-refractivity contribution in [3.05, 3.63) is 75.8 Å². The van der Waals surface area contributed by atoms with Gasteiger partial charge in [0.05, 0.1) is 5.69 Å². The molecule has 5 rings (SSSR count). The molecular formula is C26H25N3OS. The molecule has 2 aromatic carbocycles. The second kappa shape index (κ2) is 7.82. The summed E-state index contributed by atoms with van der Waals surface area (Å²) in [6.07, 6.45) is 4.29. The predicted octanol–water partition coefficient (Wildman–Crippen LogP) is 6.29. The molecule has 5 heteroatoms. The fraction of sp³-hybridized carbons (Fsp3) is 0.231. The standard InChI is InChI=1S/C26H25N3OS/c1-15-12-13-18(14-16(15)2)28-25(30)24-23(27)22-21(17-8-4-3-5-9-17)19-10-6-7-11-20(19)29-26(22)31-24/h3-5,8-9,12-14H,6-7,10-11,27H2,1-2H3,(H,28,30). The van der Waals surface area contributed by atoms with Crippen molar-refractivity contribution in [2.24, 2.45) is 0 Å². The molecule has 0 saturated heterocycles. The zero-order valence-corrected chi connectivity index (χ0v) is 18.6. The van der Waals surface area contributed by atoms with Crippen LogP contribution in [0.15, 0.2) is 48.5 Å². The van der Waals surface area contributed by atoms with Gasteiger partial charge in [0.2, 0.25) is 0 Å². The molecule has 31 heavy (non-hydrogen) atoms. The second-order valence-corrected chi connectivity index (χ2v) is 9.26. The molecule has 156 valence electrons. The van der Waals surface area contributed by atoms with Crippen molar-refractivity contribution < 1.29 is 4.79 Å². The number of amides is 1. The molecule has 3 N–H and O–H groups in total. The maximum absolute atomic E-state index is 13.2. The van der Waals surface area contributed by atoms with Gasteiger partial charge in [0.15, 0.2) is 0 Å². The number of nitrogens with zero attached hydrogens (tertiary/aromatic N) is 1. The number of hydrogen-bond donors (Lipinski definition) is 2. The quantitative estimate of drug-likeness (QED) is 0.403. The molecule has 0 bridgehead atoms. The monoisotopic (exact) mass is 427 g/mol. The van der Waals surface area contributed by atoms with Gasteiger partial charge in [-0.15, -0.1) is 11.3 Å². The van der Waals surface area contributed by atoms with E-state index in [1.807, 2.05) is 43.3 Å². The zero-order chi connectivity index (χ0) is 21.5. The number of aryl methyl sites for hydroxylation is 3. The van der Waals surface area contributed by atoms with Crippen molar-refractivity contribution in [1.29, 1.82) is 0 Å². The van der Waals surface area contributed by atoms with Gasteiger partial charge >= 0.3 is 0 Å². The molecular weight excluding hydrogens is 402 g/mol. The summed E-state index contributed by atoms with van der Waals surface area (Å²) in [5.74, 6) is -0.180. The Kier molecular flexibility index (Phi) is 4.98. The molecule has 1 aliphatic carbocycles. The van der Waals surface area contributed by atoms with Gasteiger partial charge in [-0.1, -0.05) is 36.4 Å². The predicted molar refractivity (Wildman–Crippen MR) is 130 cm³/mol. The van der Waals surface area contributed by atoms with Crippen LogP contribution in [0.1, 0.15) is 44.9 Å². The number of nitrogens with one attached hydrogen (secondary N) is 1. The zero-order valence-electron chi connectivity index (χ0n) is 17.8. The Morgan fingerprint density at radius 1 is 1.03 bits per heavy atom. The van der Waals surface area contributed by atoms with E-state index in [-0.39, 0.29) is 5.91 Å². The summed E-state index contributed by atoms with van der Waals surface area (Å²) in [4.78, 5) is 19.5. The van der Waals surface area contributed by atoms with Crippen molar-refractivity contribution in [3.63, 3.8) is 0 Å². The average molecular weight is 428 g/mol. The van der Waals surface area contributed by atoms with E-state index in [4.69, 9.17) is 10.7 Å². The molecule has 0 spiro atoms. The molecule has 1 amide bonds. The Bertz CT molecular complexity index is 1310. The van der Waals surface area contributed by atoms with Crippen LogP contribution in [0.4, 0.5) is 11.4 Å². The topological polar surface area (TPSA) is 68.0 Å². The van der Waals surface area contributed by atoms with Crippen molar-refractivity contribution in [2.45, 2.75) is 39.5 Å². The highest BCUT2D eigenvalue weighted by atomic mass is 32.1. The lowest BCUT2D eigenvalue weighted by Crippen LogP contribution is -2.12. The summed E-state index contributed by atoms with van der Waals surface area (Å²) >= 11 is 1.39. The van der Waals surface area contributed by atoms with Gasteiger partial charge in [-0.25, -0.2) is 4.98 Å². The molecule has 4 nitrogen and oxygen atoms in total. The minimum absolute atomic E-state index is 0.180. The number of aromatic nitrogens is 1. The molecule has 0 aliphatic heterocycles. The maximum Gasteiger partial charge on any atom is 0.267 e. The summed E-state index contributed by atoms with van der Waals surface area (Å²) < 4.78 is 0. The fourth-order valence-electron chi connectivity index (χ4n) is 4.41. The normalized spacial score (nSPS) is 13.2.